The minimum atomic E-state index is -1.29. The fraction of sp³-hybridized carbons (Fsp3) is 0.370. The van der Waals surface area contributed by atoms with Gasteiger partial charge in [-0.25, -0.2) is 14.8 Å². The molecule has 5 heterocycles. The molecule has 0 spiro atoms. The van der Waals surface area contributed by atoms with Gasteiger partial charge in [-0.15, -0.1) is 23.1 Å². The van der Waals surface area contributed by atoms with Gasteiger partial charge in [0.05, 0.1) is 0 Å². The zero-order valence-electron chi connectivity index (χ0n) is 22.3. The Morgan fingerprint density at radius 3 is 2.74 bits per heavy atom. The molecule has 4 aliphatic rings. The molecule has 2 atom stereocenters. The van der Waals surface area contributed by atoms with Gasteiger partial charge >= 0.3 is 5.97 Å². The Bertz CT molecular complexity index is 1530. The van der Waals surface area contributed by atoms with E-state index in [4.69, 9.17) is 10.6 Å². The third-order valence-corrected chi connectivity index (χ3v) is 9.44. The van der Waals surface area contributed by atoms with E-state index in [0.29, 0.717) is 29.9 Å². The molecular weight excluding hydrogens is 582 g/mol. The van der Waals surface area contributed by atoms with Crippen LogP contribution in [0.25, 0.3) is 0 Å². The average Bonchev–Trinajstić information content (AvgIpc) is 3.74. The Morgan fingerprint density at radius 2 is 2.05 bits per heavy atom. The summed E-state index contributed by atoms with van der Waals surface area (Å²) < 4.78 is 0. The number of aromatic nitrogens is 2. The molecule has 3 amide bonds. The molecule has 0 unspecified atom stereocenters. The Labute approximate surface area is 248 Å². The molecule has 13 nitrogen and oxygen atoms in total. The first-order valence-electron chi connectivity index (χ1n) is 13.4. The molecule has 1 aliphatic carbocycles. The number of nitrogens with one attached hydrogen (secondary N) is 1. The quantitative estimate of drug-likeness (QED) is 0.173. The number of thiazole rings is 1. The number of thioether (sulfide) groups is 1. The van der Waals surface area contributed by atoms with Crippen molar-refractivity contribution in [2.24, 2.45) is 5.16 Å². The predicted octanol–water partition coefficient (Wildman–Crippen LogP) is 1.89. The van der Waals surface area contributed by atoms with E-state index in [1.54, 1.807) is 35.9 Å². The number of hydrogen-bond acceptors (Lipinski definition) is 11. The van der Waals surface area contributed by atoms with Gasteiger partial charge in [-0.05, 0) is 55.9 Å². The third-order valence-electron chi connectivity index (χ3n) is 7.46. The molecule has 1 saturated carbocycles. The van der Waals surface area contributed by atoms with Crippen molar-refractivity contribution < 1.29 is 29.1 Å². The van der Waals surface area contributed by atoms with Crippen LogP contribution in [0.5, 0.6) is 0 Å². The summed E-state index contributed by atoms with van der Waals surface area (Å²) in [5.74, 6) is -2.04. The van der Waals surface area contributed by atoms with Crippen molar-refractivity contribution in [2.75, 3.05) is 22.9 Å². The van der Waals surface area contributed by atoms with E-state index in [2.05, 4.69) is 20.4 Å². The second-order valence-corrected chi connectivity index (χ2v) is 12.1. The van der Waals surface area contributed by atoms with Gasteiger partial charge in [-0.2, -0.15) is 0 Å². The van der Waals surface area contributed by atoms with E-state index in [1.165, 1.54) is 16.7 Å². The number of rotatable bonds is 8. The number of carbonyl (C=O) groups excluding carboxylic acids is 3. The van der Waals surface area contributed by atoms with Crippen LogP contribution in [0.1, 0.15) is 37.8 Å². The summed E-state index contributed by atoms with van der Waals surface area (Å²) in [6.07, 6.45) is 7.19. The number of oxime groups is 1. The van der Waals surface area contributed by atoms with Crippen LogP contribution < -0.4 is 16.0 Å². The summed E-state index contributed by atoms with van der Waals surface area (Å²) in [5, 5.41) is 18.0. The van der Waals surface area contributed by atoms with Gasteiger partial charge in [-0.3, -0.25) is 24.2 Å². The highest BCUT2D eigenvalue weighted by Gasteiger charge is 2.54. The highest BCUT2D eigenvalue weighted by atomic mass is 32.2. The van der Waals surface area contributed by atoms with Crippen molar-refractivity contribution in [1.29, 1.82) is 0 Å². The second-order valence-electron chi connectivity index (χ2n) is 10.1. The molecule has 0 radical (unpaired) electrons. The van der Waals surface area contributed by atoms with Crippen molar-refractivity contribution in [2.45, 2.75) is 49.6 Å². The van der Waals surface area contributed by atoms with Crippen molar-refractivity contribution in [3.8, 4) is 0 Å². The molecule has 2 aromatic rings. The number of nitrogens with two attached hydrogens (primary N) is 1. The van der Waals surface area contributed by atoms with Gasteiger partial charge in [0, 0.05) is 29.4 Å². The first-order valence-corrected chi connectivity index (χ1v) is 15.4. The number of pyridine rings is 1. The predicted molar refractivity (Wildman–Crippen MR) is 155 cm³/mol. The average molecular weight is 610 g/mol. The van der Waals surface area contributed by atoms with E-state index in [-0.39, 0.29) is 40.0 Å². The standard InChI is InChI=1S/C27H27N7O6S2/c28-27-30-17(13-42-27)19(32-40-16-5-1-2-6-16)22(35)31-20-24(37)34-21(26(38)39)15(12-41-25(20)34)11-14-8-10-33(23(14)36)18-7-3-4-9-29-18/h3-4,7,9,11,13,16,20,25H,1-2,5-6,8,10,12H2,(H2,28,30)(H,31,35)(H,38,39)/b14-11+,32-19-/t20-,25-/m1/s1. The molecule has 3 fully saturated rings. The largest absolute Gasteiger partial charge is 0.477 e. The fourth-order valence-corrected chi connectivity index (χ4v) is 7.23. The van der Waals surface area contributed by atoms with Crippen LogP contribution in [-0.2, 0) is 24.0 Å². The number of β-lactam (4-membered cyclic amide) rings is 1. The van der Waals surface area contributed by atoms with Crippen LogP contribution in [0.3, 0.4) is 0 Å². The third kappa shape index (κ3) is 5.25. The lowest BCUT2D eigenvalue weighted by molar-refractivity contribution is -0.150. The van der Waals surface area contributed by atoms with E-state index in [9.17, 15) is 24.3 Å². The number of anilines is 2. The molecule has 2 saturated heterocycles. The number of aliphatic carboxylic acids is 1. The van der Waals surface area contributed by atoms with Crippen molar-refractivity contribution in [3.05, 3.63) is 58.4 Å². The highest BCUT2D eigenvalue weighted by Crippen LogP contribution is 2.41. The number of amides is 3. The molecule has 15 heteroatoms. The number of nitrogen functional groups attached to an aromatic ring is 1. The SMILES string of the molecule is Nc1nc(/C(=N/OC2CCCC2)C(=O)N[C@@H]2C(=O)N3C(C(=O)O)=C(/C=C4\CCN(c5ccccn5)C4=O)CS[C@H]23)cs1. The number of carboxylic acids is 1. The molecule has 0 aromatic carbocycles. The Kier molecular flexibility index (Phi) is 7.68. The zero-order chi connectivity index (χ0) is 29.4. The number of fused-ring (bicyclic) bond motifs is 1. The maximum Gasteiger partial charge on any atom is 0.352 e. The monoisotopic (exact) mass is 609 g/mol. The second kappa shape index (κ2) is 11.6. The summed E-state index contributed by atoms with van der Waals surface area (Å²) in [4.78, 5) is 68.6. The van der Waals surface area contributed by atoms with Crippen LogP contribution in [0, 0.1) is 0 Å². The number of carboxylic acid groups (broad SMARTS) is 1. The van der Waals surface area contributed by atoms with Crippen molar-refractivity contribution in [1.82, 2.24) is 20.2 Å². The van der Waals surface area contributed by atoms with Crippen molar-refractivity contribution in [3.63, 3.8) is 0 Å². The molecule has 0 bridgehead atoms. The molecule has 6 rings (SSSR count). The summed E-state index contributed by atoms with van der Waals surface area (Å²) >= 11 is 2.45. The fourth-order valence-electron chi connectivity index (χ4n) is 5.38. The topological polar surface area (TPSA) is 180 Å². The number of nitrogens with zero attached hydrogens (tertiary/aromatic N) is 5. The minimum absolute atomic E-state index is 0.0986. The summed E-state index contributed by atoms with van der Waals surface area (Å²) in [7, 11) is 0. The van der Waals surface area contributed by atoms with Crippen LogP contribution in [-0.4, -0.2) is 79.2 Å². The normalized spacial score (nSPS) is 23.8. The van der Waals surface area contributed by atoms with Gasteiger partial charge in [0.25, 0.3) is 17.7 Å². The summed E-state index contributed by atoms with van der Waals surface area (Å²) in [6, 6.07) is 4.30. The number of allylic oxidation sites excluding steroid dienone is 1. The highest BCUT2D eigenvalue weighted by molar-refractivity contribution is 8.00. The summed E-state index contributed by atoms with van der Waals surface area (Å²) in [6.45, 7) is 0.420. The van der Waals surface area contributed by atoms with E-state index in [0.717, 1.165) is 41.9 Å². The molecule has 42 heavy (non-hydrogen) atoms. The molecular formula is C27H27N7O6S2. The van der Waals surface area contributed by atoms with Crippen LogP contribution in [0.4, 0.5) is 10.9 Å². The van der Waals surface area contributed by atoms with Gasteiger partial charge in [0.1, 0.15) is 34.7 Å². The maximum absolute atomic E-state index is 13.3. The lowest BCUT2D eigenvalue weighted by atomic mass is 10.0. The van der Waals surface area contributed by atoms with Crippen molar-refractivity contribution >= 4 is 63.5 Å². The van der Waals surface area contributed by atoms with E-state index >= 15 is 0 Å². The number of carbonyl (C=O) groups is 4. The molecule has 2 aromatic heterocycles. The smallest absolute Gasteiger partial charge is 0.352 e. The van der Waals surface area contributed by atoms with E-state index in [1.807, 2.05) is 0 Å². The van der Waals surface area contributed by atoms with Crippen LogP contribution in [0.15, 0.2) is 57.9 Å². The Morgan fingerprint density at radius 1 is 1.24 bits per heavy atom. The van der Waals surface area contributed by atoms with Gasteiger partial charge in [-0.1, -0.05) is 11.2 Å². The lowest BCUT2D eigenvalue weighted by Crippen LogP contribution is -2.71. The first-order chi connectivity index (χ1) is 20.3. The molecule has 3 aliphatic heterocycles. The van der Waals surface area contributed by atoms with Crippen LogP contribution in [0.2, 0.25) is 0 Å². The molecule has 4 N–H and O–H groups in total. The van der Waals surface area contributed by atoms with Gasteiger partial charge < -0.3 is 21.0 Å². The Hall–Kier alpha value is -4.24. The van der Waals surface area contributed by atoms with E-state index < -0.39 is 29.2 Å². The summed E-state index contributed by atoms with van der Waals surface area (Å²) in [5.41, 5.74) is 6.50. The maximum atomic E-state index is 13.3. The van der Waals surface area contributed by atoms with Gasteiger partial charge in [0.15, 0.2) is 10.8 Å². The lowest BCUT2D eigenvalue weighted by Gasteiger charge is -2.49. The first kappa shape index (κ1) is 27.9. The van der Waals surface area contributed by atoms with Gasteiger partial charge in [0.2, 0.25) is 0 Å². The minimum Gasteiger partial charge on any atom is -0.477 e. The molecule has 218 valence electrons. The number of hydrogen-bond donors (Lipinski definition) is 3. The Balaban J connectivity index is 1.20. The van der Waals surface area contributed by atoms with Crippen LogP contribution >= 0.6 is 23.1 Å². The zero-order valence-corrected chi connectivity index (χ0v) is 23.9.